The first-order chi connectivity index (χ1) is 5.75. The molecule has 0 N–H and O–H groups in total. The standard InChI is InChI=1S/C11H14O/c1-8-3-2-4-9-6-11(12)7-10(9)5-8/h6,10H,1-5,7H2. The van der Waals surface area contributed by atoms with Gasteiger partial charge in [-0.2, -0.15) is 0 Å². The van der Waals surface area contributed by atoms with E-state index in [0.29, 0.717) is 11.7 Å². The van der Waals surface area contributed by atoms with Gasteiger partial charge in [0.05, 0.1) is 0 Å². The number of carbonyl (C=O) groups excluding carboxylic acids is 1. The Balaban J connectivity index is 2.18. The van der Waals surface area contributed by atoms with Crippen LogP contribution in [-0.4, -0.2) is 5.78 Å². The molecule has 1 unspecified atom stereocenters. The smallest absolute Gasteiger partial charge is 0.156 e. The van der Waals surface area contributed by atoms with Crippen LogP contribution in [0.15, 0.2) is 23.8 Å². The Labute approximate surface area is 73.2 Å². The summed E-state index contributed by atoms with van der Waals surface area (Å²) in [6.07, 6.45) is 7.13. The van der Waals surface area contributed by atoms with Crippen molar-refractivity contribution >= 4 is 5.78 Å². The van der Waals surface area contributed by atoms with E-state index < -0.39 is 0 Å². The van der Waals surface area contributed by atoms with Gasteiger partial charge in [-0.05, 0) is 37.7 Å². The molecular formula is C11H14O. The van der Waals surface area contributed by atoms with Crippen LogP contribution in [0.25, 0.3) is 0 Å². The number of hydrogen-bond donors (Lipinski definition) is 0. The van der Waals surface area contributed by atoms with Gasteiger partial charge in [-0.3, -0.25) is 4.79 Å². The number of hydrogen-bond acceptors (Lipinski definition) is 1. The molecule has 64 valence electrons. The highest BCUT2D eigenvalue weighted by molar-refractivity contribution is 5.93. The molecule has 2 rings (SSSR count). The monoisotopic (exact) mass is 162 g/mol. The molecule has 1 nitrogen and oxygen atoms in total. The van der Waals surface area contributed by atoms with E-state index >= 15 is 0 Å². The molecule has 0 heterocycles. The van der Waals surface area contributed by atoms with Gasteiger partial charge in [-0.15, -0.1) is 0 Å². The highest BCUT2D eigenvalue weighted by atomic mass is 16.1. The first-order valence-corrected chi connectivity index (χ1v) is 4.65. The summed E-state index contributed by atoms with van der Waals surface area (Å²) in [6.45, 7) is 4.02. The minimum Gasteiger partial charge on any atom is -0.295 e. The SMILES string of the molecule is C=C1CCCC2=CC(=O)CC2C1. The molecule has 0 bridgehead atoms. The fourth-order valence-corrected chi connectivity index (χ4v) is 2.23. The van der Waals surface area contributed by atoms with Crippen molar-refractivity contribution in [1.82, 2.24) is 0 Å². The number of rotatable bonds is 0. The van der Waals surface area contributed by atoms with Crippen LogP contribution in [0.4, 0.5) is 0 Å². The van der Waals surface area contributed by atoms with Crippen molar-refractivity contribution < 1.29 is 4.79 Å². The Hall–Kier alpha value is -0.850. The van der Waals surface area contributed by atoms with Crippen molar-refractivity contribution in [1.29, 1.82) is 0 Å². The van der Waals surface area contributed by atoms with Crippen LogP contribution in [0, 0.1) is 5.92 Å². The molecule has 2 aliphatic rings. The number of fused-ring (bicyclic) bond motifs is 1. The van der Waals surface area contributed by atoms with Gasteiger partial charge < -0.3 is 0 Å². The highest BCUT2D eigenvalue weighted by Gasteiger charge is 2.26. The van der Waals surface area contributed by atoms with E-state index in [1.807, 2.05) is 6.08 Å². The van der Waals surface area contributed by atoms with E-state index in [4.69, 9.17) is 0 Å². The number of carbonyl (C=O) groups is 1. The van der Waals surface area contributed by atoms with Crippen LogP contribution in [-0.2, 0) is 4.79 Å². The lowest BCUT2D eigenvalue weighted by atomic mass is 9.95. The maximum Gasteiger partial charge on any atom is 0.156 e. The Morgan fingerprint density at radius 3 is 3.00 bits per heavy atom. The molecule has 1 saturated carbocycles. The summed E-state index contributed by atoms with van der Waals surface area (Å²) in [4.78, 5) is 11.1. The normalized spacial score (nSPS) is 29.7. The molecule has 12 heavy (non-hydrogen) atoms. The van der Waals surface area contributed by atoms with E-state index in [0.717, 1.165) is 25.7 Å². The number of ketones is 1. The molecule has 0 spiro atoms. The average Bonchev–Trinajstić information content (AvgIpc) is 2.23. The van der Waals surface area contributed by atoms with E-state index in [1.165, 1.54) is 17.6 Å². The molecule has 0 aromatic heterocycles. The molecule has 0 saturated heterocycles. The van der Waals surface area contributed by atoms with Crippen molar-refractivity contribution in [2.75, 3.05) is 0 Å². The highest BCUT2D eigenvalue weighted by Crippen LogP contribution is 2.36. The quantitative estimate of drug-likeness (QED) is 0.500. The molecule has 0 aromatic carbocycles. The van der Waals surface area contributed by atoms with Crippen LogP contribution in [0.3, 0.4) is 0 Å². The molecule has 1 heteroatoms. The topological polar surface area (TPSA) is 17.1 Å². The second-order valence-corrected chi connectivity index (χ2v) is 3.89. The first-order valence-electron chi connectivity index (χ1n) is 4.65. The van der Waals surface area contributed by atoms with Gasteiger partial charge >= 0.3 is 0 Å². The van der Waals surface area contributed by atoms with E-state index in [1.54, 1.807) is 0 Å². The second kappa shape index (κ2) is 2.89. The van der Waals surface area contributed by atoms with Crippen molar-refractivity contribution in [3.8, 4) is 0 Å². The third-order valence-corrected chi connectivity index (χ3v) is 2.85. The molecular weight excluding hydrogens is 148 g/mol. The van der Waals surface area contributed by atoms with Crippen molar-refractivity contribution in [2.45, 2.75) is 32.1 Å². The zero-order valence-electron chi connectivity index (χ0n) is 7.31. The first kappa shape index (κ1) is 7.78. The third kappa shape index (κ3) is 1.36. The maximum atomic E-state index is 11.1. The van der Waals surface area contributed by atoms with Crippen molar-refractivity contribution in [3.05, 3.63) is 23.8 Å². The summed E-state index contributed by atoms with van der Waals surface area (Å²) in [5.41, 5.74) is 2.72. The third-order valence-electron chi connectivity index (χ3n) is 2.85. The largest absolute Gasteiger partial charge is 0.295 e. The summed E-state index contributed by atoms with van der Waals surface area (Å²) in [6, 6.07) is 0. The summed E-state index contributed by atoms with van der Waals surface area (Å²) >= 11 is 0. The fourth-order valence-electron chi connectivity index (χ4n) is 2.23. The Bertz CT molecular complexity index is 260. The van der Waals surface area contributed by atoms with Gasteiger partial charge in [0.1, 0.15) is 0 Å². The van der Waals surface area contributed by atoms with Crippen LogP contribution in [0.5, 0.6) is 0 Å². The predicted molar refractivity (Wildman–Crippen MR) is 48.8 cm³/mol. The fraction of sp³-hybridized carbons (Fsp3) is 0.545. The maximum absolute atomic E-state index is 11.1. The zero-order valence-corrected chi connectivity index (χ0v) is 7.31. The Kier molecular flexibility index (Phi) is 1.87. The average molecular weight is 162 g/mol. The predicted octanol–water partition coefficient (Wildman–Crippen LogP) is 2.63. The van der Waals surface area contributed by atoms with Crippen LogP contribution in [0.1, 0.15) is 32.1 Å². The molecule has 0 amide bonds. The zero-order chi connectivity index (χ0) is 8.55. The van der Waals surface area contributed by atoms with Gasteiger partial charge in [-0.1, -0.05) is 17.7 Å². The number of allylic oxidation sites excluding steroid dienone is 3. The molecule has 1 atom stereocenters. The Morgan fingerprint density at radius 1 is 1.33 bits per heavy atom. The lowest BCUT2D eigenvalue weighted by Crippen LogP contribution is -1.99. The molecule has 2 aliphatic carbocycles. The summed E-state index contributed by atoms with van der Waals surface area (Å²) < 4.78 is 0. The molecule has 0 aromatic rings. The van der Waals surface area contributed by atoms with Crippen LogP contribution < -0.4 is 0 Å². The minimum atomic E-state index is 0.324. The van der Waals surface area contributed by atoms with E-state index in [-0.39, 0.29) is 0 Å². The van der Waals surface area contributed by atoms with Gasteiger partial charge in [0.15, 0.2) is 5.78 Å². The minimum absolute atomic E-state index is 0.324. The van der Waals surface area contributed by atoms with Gasteiger partial charge in [-0.25, -0.2) is 0 Å². The summed E-state index contributed by atoms with van der Waals surface area (Å²) in [5, 5.41) is 0. The molecule has 1 fully saturated rings. The Morgan fingerprint density at radius 2 is 2.17 bits per heavy atom. The van der Waals surface area contributed by atoms with Crippen LogP contribution in [0.2, 0.25) is 0 Å². The van der Waals surface area contributed by atoms with Gasteiger partial charge in [0, 0.05) is 6.42 Å². The van der Waals surface area contributed by atoms with E-state index in [9.17, 15) is 4.79 Å². The van der Waals surface area contributed by atoms with Crippen molar-refractivity contribution in [3.63, 3.8) is 0 Å². The van der Waals surface area contributed by atoms with E-state index in [2.05, 4.69) is 6.58 Å². The lowest BCUT2D eigenvalue weighted by molar-refractivity contribution is -0.114. The molecule has 0 aliphatic heterocycles. The lowest BCUT2D eigenvalue weighted by Gasteiger charge is -2.09. The summed E-state index contributed by atoms with van der Waals surface area (Å²) in [7, 11) is 0. The van der Waals surface area contributed by atoms with Crippen molar-refractivity contribution in [2.24, 2.45) is 5.92 Å². The van der Waals surface area contributed by atoms with Crippen LogP contribution >= 0.6 is 0 Å². The van der Waals surface area contributed by atoms with Gasteiger partial charge in [0.2, 0.25) is 0 Å². The molecule has 0 radical (unpaired) electrons. The summed E-state index contributed by atoms with van der Waals surface area (Å²) in [5.74, 6) is 0.845. The second-order valence-electron chi connectivity index (χ2n) is 3.89. The van der Waals surface area contributed by atoms with Gasteiger partial charge in [0.25, 0.3) is 0 Å².